The fraction of sp³-hybridized carbons (Fsp3) is 0.273. The minimum absolute atomic E-state index is 0.0942. The minimum Gasteiger partial charge on any atom is -0.467 e. The highest BCUT2D eigenvalue weighted by atomic mass is 32.2. The smallest absolute Gasteiger partial charge is 0.269 e. The molecule has 1 aliphatic rings. The van der Waals surface area contributed by atoms with E-state index in [4.69, 9.17) is 4.42 Å². The van der Waals surface area contributed by atoms with Crippen LogP contribution in [0.4, 0.5) is 0 Å². The van der Waals surface area contributed by atoms with Crippen LogP contribution in [0, 0.1) is 6.92 Å². The van der Waals surface area contributed by atoms with Gasteiger partial charge in [-0.15, -0.1) is 11.3 Å². The van der Waals surface area contributed by atoms with E-state index >= 15 is 0 Å². The van der Waals surface area contributed by atoms with Gasteiger partial charge in [0, 0.05) is 21.4 Å². The number of thiophene rings is 1. The number of furan rings is 1. The number of benzene rings is 1. The Labute approximate surface area is 184 Å². The van der Waals surface area contributed by atoms with E-state index in [1.54, 1.807) is 48.5 Å². The molecule has 3 heterocycles. The lowest BCUT2D eigenvalue weighted by molar-refractivity contribution is 0.0718. The van der Waals surface area contributed by atoms with Gasteiger partial charge in [-0.1, -0.05) is 0 Å². The first-order valence-electron chi connectivity index (χ1n) is 9.78. The normalized spacial score (nSPS) is 14.8. The first-order valence-corrected chi connectivity index (χ1v) is 12.0. The van der Waals surface area contributed by atoms with Gasteiger partial charge in [0.15, 0.2) is 0 Å². The molecule has 0 radical (unpaired) electrons. The number of amides is 2. The molecule has 0 fully saturated rings. The van der Waals surface area contributed by atoms with Crippen LogP contribution in [0.2, 0.25) is 0 Å². The quantitative estimate of drug-likeness (QED) is 0.556. The molecule has 9 heteroatoms. The molecule has 0 N–H and O–H groups in total. The summed E-state index contributed by atoms with van der Waals surface area (Å²) in [6.07, 6.45) is 1.54. The molecule has 2 aromatic heterocycles. The van der Waals surface area contributed by atoms with E-state index in [0.717, 1.165) is 14.1 Å². The molecule has 0 unspecified atom stereocenters. The second kappa shape index (κ2) is 7.97. The van der Waals surface area contributed by atoms with Gasteiger partial charge >= 0.3 is 0 Å². The van der Waals surface area contributed by atoms with Crippen molar-refractivity contribution in [1.82, 2.24) is 9.21 Å². The van der Waals surface area contributed by atoms with Crippen molar-refractivity contribution in [2.24, 2.45) is 0 Å². The zero-order valence-electron chi connectivity index (χ0n) is 17.4. The summed E-state index contributed by atoms with van der Waals surface area (Å²) in [7, 11) is -3.99. The van der Waals surface area contributed by atoms with Gasteiger partial charge in [0.2, 0.25) is 0 Å². The lowest BCUT2D eigenvalue weighted by Crippen LogP contribution is -2.36. The van der Waals surface area contributed by atoms with Gasteiger partial charge in [-0.05, 0) is 63.2 Å². The molecule has 31 heavy (non-hydrogen) atoms. The van der Waals surface area contributed by atoms with Crippen molar-refractivity contribution in [3.63, 3.8) is 0 Å². The number of aryl methyl sites for hydroxylation is 1. The van der Waals surface area contributed by atoms with E-state index in [-0.39, 0.29) is 28.5 Å². The molecule has 0 spiro atoms. The zero-order chi connectivity index (χ0) is 22.3. The topological polar surface area (TPSA) is 87.9 Å². The highest BCUT2D eigenvalue weighted by Crippen LogP contribution is 2.33. The van der Waals surface area contributed by atoms with Gasteiger partial charge in [0.25, 0.3) is 21.8 Å². The maximum Gasteiger partial charge on any atom is 0.269 e. The van der Waals surface area contributed by atoms with Gasteiger partial charge in [-0.2, -0.15) is 0 Å². The van der Waals surface area contributed by atoms with E-state index in [9.17, 15) is 18.0 Å². The summed E-state index contributed by atoms with van der Waals surface area (Å²) in [5, 5.41) is 0. The molecular formula is C22H22N2O5S2. The highest BCUT2D eigenvalue weighted by Gasteiger charge is 2.43. The molecule has 3 aromatic rings. The van der Waals surface area contributed by atoms with Crippen molar-refractivity contribution in [1.29, 1.82) is 0 Å². The Morgan fingerprint density at radius 1 is 1.16 bits per heavy atom. The van der Waals surface area contributed by atoms with E-state index < -0.39 is 22.0 Å². The number of fused-ring (bicyclic) bond motifs is 1. The minimum atomic E-state index is -3.99. The average molecular weight is 459 g/mol. The van der Waals surface area contributed by atoms with Crippen LogP contribution in [0.15, 0.2) is 58.0 Å². The molecule has 0 saturated carbocycles. The Morgan fingerprint density at radius 2 is 1.94 bits per heavy atom. The summed E-state index contributed by atoms with van der Waals surface area (Å²) in [5.74, 6) is -0.280. The highest BCUT2D eigenvalue weighted by molar-refractivity contribution is 7.90. The van der Waals surface area contributed by atoms with Crippen LogP contribution in [0.1, 0.15) is 50.1 Å². The summed E-state index contributed by atoms with van der Waals surface area (Å²) in [4.78, 5) is 29.6. The number of hydrogen-bond acceptors (Lipinski definition) is 6. The Bertz CT molecular complexity index is 1240. The SMILES string of the molecule is Cc1ccc(CN(Cc2ccco2)C(=O)c2ccc3c(c2)S(=O)(=O)N(C(C)C)C3=O)s1. The van der Waals surface area contributed by atoms with Crippen LogP contribution in [0.25, 0.3) is 0 Å². The molecule has 4 rings (SSSR count). The third kappa shape index (κ3) is 3.90. The van der Waals surface area contributed by atoms with E-state index in [1.165, 1.54) is 18.2 Å². The number of carbonyl (C=O) groups is 2. The van der Waals surface area contributed by atoms with Gasteiger partial charge in [-0.25, -0.2) is 12.7 Å². The zero-order valence-corrected chi connectivity index (χ0v) is 19.0. The average Bonchev–Trinajstić information content (AvgIpc) is 3.41. The van der Waals surface area contributed by atoms with Crippen LogP contribution in [0.3, 0.4) is 0 Å². The predicted octanol–water partition coefficient (Wildman–Crippen LogP) is 4.05. The largest absolute Gasteiger partial charge is 0.467 e. The molecule has 1 aliphatic heterocycles. The summed E-state index contributed by atoms with van der Waals surface area (Å²) >= 11 is 1.59. The van der Waals surface area contributed by atoms with Crippen LogP contribution in [-0.2, 0) is 23.1 Å². The van der Waals surface area contributed by atoms with E-state index in [0.29, 0.717) is 12.3 Å². The van der Waals surface area contributed by atoms with Crippen LogP contribution >= 0.6 is 11.3 Å². The van der Waals surface area contributed by atoms with E-state index in [2.05, 4.69) is 0 Å². The van der Waals surface area contributed by atoms with Gasteiger partial charge in [-0.3, -0.25) is 9.59 Å². The summed E-state index contributed by atoms with van der Waals surface area (Å²) in [6, 6.07) is 11.2. The summed E-state index contributed by atoms with van der Waals surface area (Å²) in [6.45, 7) is 5.88. The number of hydrogen-bond donors (Lipinski definition) is 0. The van der Waals surface area contributed by atoms with Crippen molar-refractivity contribution in [3.05, 3.63) is 75.4 Å². The van der Waals surface area contributed by atoms with Crippen LogP contribution in [-0.4, -0.2) is 35.5 Å². The molecule has 0 aliphatic carbocycles. The van der Waals surface area contributed by atoms with Crippen LogP contribution < -0.4 is 0 Å². The first-order chi connectivity index (χ1) is 14.7. The molecule has 2 amide bonds. The number of nitrogens with zero attached hydrogens (tertiary/aromatic N) is 2. The molecular weight excluding hydrogens is 436 g/mol. The van der Waals surface area contributed by atoms with Crippen LogP contribution in [0.5, 0.6) is 0 Å². The lowest BCUT2D eigenvalue weighted by atomic mass is 10.1. The van der Waals surface area contributed by atoms with Crippen molar-refractivity contribution in [3.8, 4) is 0 Å². The second-order valence-corrected chi connectivity index (χ2v) is 10.8. The molecule has 0 bridgehead atoms. The van der Waals surface area contributed by atoms with Crippen molar-refractivity contribution >= 4 is 33.2 Å². The molecule has 7 nitrogen and oxygen atoms in total. The van der Waals surface area contributed by atoms with Gasteiger partial charge in [0.1, 0.15) is 10.7 Å². The molecule has 0 saturated heterocycles. The van der Waals surface area contributed by atoms with Gasteiger partial charge < -0.3 is 9.32 Å². The fourth-order valence-electron chi connectivity index (χ4n) is 3.62. The maximum atomic E-state index is 13.4. The monoisotopic (exact) mass is 458 g/mol. The predicted molar refractivity (Wildman–Crippen MR) is 116 cm³/mol. The van der Waals surface area contributed by atoms with E-state index in [1.807, 2.05) is 19.1 Å². The fourth-order valence-corrected chi connectivity index (χ4v) is 6.32. The maximum absolute atomic E-state index is 13.4. The first kappa shape index (κ1) is 21.3. The van der Waals surface area contributed by atoms with Crippen molar-refractivity contribution in [2.75, 3.05) is 0 Å². The standard InChI is InChI=1S/C22H22N2O5S2/c1-14(2)24-22(26)19-9-7-16(11-20(19)31(24,27)28)21(25)23(12-17-5-4-10-29-17)13-18-8-6-15(3)30-18/h4-11,14H,12-13H2,1-3H3. The molecule has 0 atom stereocenters. The summed E-state index contributed by atoms with van der Waals surface area (Å²) in [5.41, 5.74) is 0.303. The molecule has 162 valence electrons. The number of sulfonamides is 1. The Kier molecular flexibility index (Phi) is 5.49. The van der Waals surface area contributed by atoms with Crippen molar-refractivity contribution in [2.45, 2.75) is 44.8 Å². The third-order valence-corrected chi connectivity index (χ3v) is 8.01. The second-order valence-electron chi connectivity index (χ2n) is 7.66. The number of rotatable bonds is 6. The molecule has 1 aromatic carbocycles. The Morgan fingerprint density at radius 3 is 2.55 bits per heavy atom. The summed E-state index contributed by atoms with van der Waals surface area (Å²) < 4.78 is 32.1. The number of carbonyl (C=O) groups excluding carboxylic acids is 2. The Hall–Kier alpha value is -2.91. The van der Waals surface area contributed by atoms with Gasteiger partial charge in [0.05, 0.1) is 24.9 Å². The third-order valence-electron chi connectivity index (χ3n) is 5.02. The Balaban J connectivity index is 1.69. The van der Waals surface area contributed by atoms with Crippen molar-refractivity contribution < 1.29 is 22.4 Å². The lowest BCUT2D eigenvalue weighted by Gasteiger charge is -2.21.